The van der Waals surface area contributed by atoms with Crippen LogP contribution in [0, 0.1) is 23.0 Å². The molecule has 19 heavy (non-hydrogen) atoms. The molecule has 1 N–H and O–H groups in total. The lowest BCUT2D eigenvalue weighted by Gasteiger charge is -2.25. The van der Waals surface area contributed by atoms with Gasteiger partial charge in [-0.2, -0.15) is 0 Å². The molecule has 1 saturated heterocycles. The number of nitro groups is 1. The molecule has 0 amide bonds. The van der Waals surface area contributed by atoms with Crippen LogP contribution in [0.5, 0.6) is 0 Å². The van der Waals surface area contributed by atoms with Crippen LogP contribution in [0.4, 0.5) is 11.4 Å². The van der Waals surface area contributed by atoms with E-state index >= 15 is 0 Å². The highest BCUT2D eigenvalue weighted by Gasteiger charge is 2.38. The van der Waals surface area contributed by atoms with Gasteiger partial charge in [0, 0.05) is 18.2 Å². The highest BCUT2D eigenvalue weighted by atomic mass is 16.6. The Morgan fingerprint density at radius 3 is 2.74 bits per heavy atom. The van der Waals surface area contributed by atoms with Crippen molar-refractivity contribution in [3.8, 4) is 0 Å². The van der Waals surface area contributed by atoms with Crippen LogP contribution < -0.4 is 4.90 Å². The van der Waals surface area contributed by atoms with Crippen molar-refractivity contribution in [2.24, 2.45) is 5.92 Å². The number of nitrogens with zero attached hydrogens (tertiary/aromatic N) is 2. The molecule has 0 bridgehead atoms. The van der Waals surface area contributed by atoms with Crippen LogP contribution in [0.3, 0.4) is 0 Å². The Labute approximate surface area is 110 Å². The number of carboxylic acids is 1. The first-order valence-corrected chi connectivity index (χ1v) is 6.17. The Morgan fingerprint density at radius 1 is 1.53 bits per heavy atom. The number of aryl methyl sites for hydroxylation is 1. The lowest BCUT2D eigenvalue weighted by molar-refractivity contribution is -0.384. The molecule has 102 valence electrons. The zero-order chi connectivity index (χ0) is 14.2. The zero-order valence-electron chi connectivity index (χ0n) is 10.9. The van der Waals surface area contributed by atoms with E-state index in [9.17, 15) is 14.9 Å². The summed E-state index contributed by atoms with van der Waals surface area (Å²) in [6.07, 6.45) is 0.515. The number of rotatable bonds is 3. The molecule has 2 rings (SSSR count). The molecule has 1 aromatic carbocycles. The maximum atomic E-state index is 11.2. The van der Waals surface area contributed by atoms with Gasteiger partial charge >= 0.3 is 5.97 Å². The second kappa shape index (κ2) is 4.87. The molecule has 1 aliphatic heterocycles. The van der Waals surface area contributed by atoms with Gasteiger partial charge in [-0.3, -0.25) is 14.9 Å². The summed E-state index contributed by atoms with van der Waals surface area (Å²) in [6.45, 7) is 4.03. The van der Waals surface area contributed by atoms with Crippen molar-refractivity contribution in [2.45, 2.75) is 26.3 Å². The van der Waals surface area contributed by atoms with E-state index in [1.54, 1.807) is 32.0 Å². The fourth-order valence-corrected chi connectivity index (χ4v) is 2.72. The Bertz CT molecular complexity index is 529. The van der Waals surface area contributed by atoms with Gasteiger partial charge in [0.1, 0.15) is 5.69 Å². The smallest absolute Gasteiger partial charge is 0.308 e. The van der Waals surface area contributed by atoms with Crippen molar-refractivity contribution in [1.29, 1.82) is 0 Å². The minimum absolute atomic E-state index is 0.0698. The molecule has 1 fully saturated rings. The van der Waals surface area contributed by atoms with Crippen LogP contribution in [0.1, 0.15) is 18.9 Å². The second-order valence-corrected chi connectivity index (χ2v) is 4.87. The predicted octanol–water partition coefficient (Wildman–Crippen LogP) is 2.20. The molecule has 0 saturated carbocycles. The van der Waals surface area contributed by atoms with E-state index in [0.717, 1.165) is 0 Å². The summed E-state index contributed by atoms with van der Waals surface area (Å²) in [5, 5.41) is 20.3. The Kier molecular flexibility index (Phi) is 3.42. The first-order chi connectivity index (χ1) is 8.93. The summed E-state index contributed by atoms with van der Waals surface area (Å²) in [6, 6.07) is 4.90. The Morgan fingerprint density at radius 2 is 2.21 bits per heavy atom. The van der Waals surface area contributed by atoms with Gasteiger partial charge in [0.25, 0.3) is 5.69 Å². The van der Waals surface area contributed by atoms with E-state index in [-0.39, 0.29) is 11.7 Å². The molecule has 1 heterocycles. The number of hydrogen-bond donors (Lipinski definition) is 1. The van der Waals surface area contributed by atoms with Crippen molar-refractivity contribution < 1.29 is 14.8 Å². The number of carbonyl (C=O) groups is 1. The van der Waals surface area contributed by atoms with Gasteiger partial charge in [0.2, 0.25) is 0 Å². The lowest BCUT2D eigenvalue weighted by atomic mass is 10.0. The van der Waals surface area contributed by atoms with E-state index in [4.69, 9.17) is 5.11 Å². The molecule has 1 aliphatic rings. The fourth-order valence-electron chi connectivity index (χ4n) is 2.72. The van der Waals surface area contributed by atoms with E-state index in [2.05, 4.69) is 0 Å². The third-order valence-corrected chi connectivity index (χ3v) is 3.78. The number of nitro benzene ring substituents is 1. The second-order valence-electron chi connectivity index (χ2n) is 4.87. The minimum atomic E-state index is -0.842. The minimum Gasteiger partial charge on any atom is -0.481 e. The fraction of sp³-hybridized carbons (Fsp3) is 0.462. The number of hydrogen-bond acceptors (Lipinski definition) is 4. The molecule has 6 nitrogen and oxygen atoms in total. The molecule has 0 aromatic heterocycles. The van der Waals surface area contributed by atoms with Crippen LogP contribution in [0.15, 0.2) is 18.2 Å². The monoisotopic (exact) mass is 264 g/mol. The molecular formula is C13H16N2O4. The number of carboxylic acid groups (broad SMARTS) is 1. The van der Waals surface area contributed by atoms with E-state index < -0.39 is 16.8 Å². The Balaban J connectivity index is 2.41. The maximum absolute atomic E-state index is 11.2. The van der Waals surface area contributed by atoms with E-state index in [1.807, 2.05) is 4.90 Å². The molecule has 2 unspecified atom stereocenters. The van der Waals surface area contributed by atoms with Gasteiger partial charge in [0.05, 0.1) is 10.8 Å². The number of anilines is 1. The van der Waals surface area contributed by atoms with Crippen molar-refractivity contribution in [3.63, 3.8) is 0 Å². The van der Waals surface area contributed by atoms with E-state index in [0.29, 0.717) is 24.2 Å². The summed E-state index contributed by atoms with van der Waals surface area (Å²) >= 11 is 0. The first kappa shape index (κ1) is 13.3. The van der Waals surface area contributed by atoms with Crippen molar-refractivity contribution in [1.82, 2.24) is 0 Å². The van der Waals surface area contributed by atoms with Gasteiger partial charge in [0.15, 0.2) is 0 Å². The number of benzene rings is 1. The first-order valence-electron chi connectivity index (χ1n) is 6.17. The van der Waals surface area contributed by atoms with Crippen molar-refractivity contribution in [3.05, 3.63) is 33.9 Å². The third-order valence-electron chi connectivity index (χ3n) is 3.78. The van der Waals surface area contributed by atoms with Gasteiger partial charge in [-0.05, 0) is 26.3 Å². The summed E-state index contributed by atoms with van der Waals surface area (Å²) in [5.41, 5.74) is 1.18. The molecule has 0 spiro atoms. The van der Waals surface area contributed by atoms with Crippen LogP contribution >= 0.6 is 0 Å². The van der Waals surface area contributed by atoms with Crippen LogP contribution in [0.25, 0.3) is 0 Å². The van der Waals surface area contributed by atoms with Gasteiger partial charge in [-0.1, -0.05) is 12.1 Å². The Hall–Kier alpha value is -2.11. The summed E-state index contributed by atoms with van der Waals surface area (Å²) in [5.74, 6) is -1.31. The summed E-state index contributed by atoms with van der Waals surface area (Å²) < 4.78 is 0. The molecule has 0 radical (unpaired) electrons. The standard InChI is InChI=1S/C13H16N2O4/c1-8-4-3-5-11(12(8)15(18)19)14-7-6-10(9(14)2)13(16)17/h3-5,9-10H,6-7H2,1-2H3,(H,16,17). The van der Waals surface area contributed by atoms with Crippen molar-refractivity contribution >= 4 is 17.3 Å². The summed E-state index contributed by atoms with van der Waals surface area (Å²) in [4.78, 5) is 23.7. The van der Waals surface area contributed by atoms with E-state index in [1.165, 1.54) is 0 Å². The SMILES string of the molecule is Cc1cccc(N2CCC(C(=O)O)C2C)c1[N+](=O)[O-]. The highest BCUT2D eigenvalue weighted by Crippen LogP contribution is 2.37. The number of para-hydroxylation sites is 1. The zero-order valence-corrected chi connectivity index (χ0v) is 10.9. The van der Waals surface area contributed by atoms with Crippen LogP contribution in [-0.4, -0.2) is 28.6 Å². The largest absolute Gasteiger partial charge is 0.481 e. The molecule has 6 heteroatoms. The average molecular weight is 264 g/mol. The van der Waals surface area contributed by atoms with Crippen LogP contribution in [-0.2, 0) is 4.79 Å². The topological polar surface area (TPSA) is 83.7 Å². The third kappa shape index (κ3) is 2.25. The maximum Gasteiger partial charge on any atom is 0.308 e. The average Bonchev–Trinajstić information content (AvgIpc) is 2.70. The van der Waals surface area contributed by atoms with Gasteiger partial charge in [-0.25, -0.2) is 0 Å². The molecule has 1 aromatic rings. The number of aliphatic carboxylic acids is 1. The highest BCUT2D eigenvalue weighted by molar-refractivity contribution is 5.75. The summed E-state index contributed by atoms with van der Waals surface area (Å²) in [7, 11) is 0. The predicted molar refractivity (Wildman–Crippen MR) is 70.4 cm³/mol. The molecule has 0 aliphatic carbocycles. The quantitative estimate of drug-likeness (QED) is 0.668. The van der Waals surface area contributed by atoms with Crippen molar-refractivity contribution in [2.75, 3.05) is 11.4 Å². The molecule has 2 atom stereocenters. The van der Waals surface area contributed by atoms with Gasteiger partial charge in [-0.15, -0.1) is 0 Å². The van der Waals surface area contributed by atoms with Gasteiger partial charge < -0.3 is 10.0 Å². The lowest BCUT2D eigenvalue weighted by Crippen LogP contribution is -2.33. The molecular weight excluding hydrogens is 248 g/mol. The normalized spacial score (nSPS) is 22.5. The van der Waals surface area contributed by atoms with Crippen LogP contribution in [0.2, 0.25) is 0 Å².